The standard InChI is InChI=1S/C23H23NO5/c1-13-5-10-20-18(12-28-23(20)14(13)2)11-21(26)29-15(3)22(27)17-6-8-19(9-7-17)24-16(4)25/h5-10,12,15H,11H2,1-4H3,(H,24,25)/t15-/m0/s1. The molecule has 0 bridgehead atoms. The summed E-state index contributed by atoms with van der Waals surface area (Å²) in [6.45, 7) is 6.93. The molecule has 0 spiro atoms. The number of fused-ring (bicyclic) bond motifs is 1. The Hall–Kier alpha value is -3.41. The van der Waals surface area contributed by atoms with Crippen molar-refractivity contribution in [3.05, 3.63) is 64.9 Å². The summed E-state index contributed by atoms with van der Waals surface area (Å²) in [7, 11) is 0. The summed E-state index contributed by atoms with van der Waals surface area (Å²) >= 11 is 0. The van der Waals surface area contributed by atoms with Crippen LogP contribution >= 0.6 is 0 Å². The number of amides is 1. The van der Waals surface area contributed by atoms with E-state index in [9.17, 15) is 14.4 Å². The molecule has 0 fully saturated rings. The Balaban J connectivity index is 1.65. The van der Waals surface area contributed by atoms with Crippen LogP contribution in [0.3, 0.4) is 0 Å². The Morgan fingerprint density at radius 1 is 1.07 bits per heavy atom. The fraction of sp³-hybridized carbons (Fsp3) is 0.261. The predicted molar refractivity (Wildman–Crippen MR) is 110 cm³/mol. The van der Waals surface area contributed by atoms with Gasteiger partial charge in [0.15, 0.2) is 6.10 Å². The van der Waals surface area contributed by atoms with Gasteiger partial charge in [-0.25, -0.2) is 0 Å². The highest BCUT2D eigenvalue weighted by Crippen LogP contribution is 2.27. The Morgan fingerprint density at radius 3 is 2.41 bits per heavy atom. The number of carbonyl (C=O) groups excluding carboxylic acids is 3. The molecule has 0 saturated heterocycles. The molecule has 2 aromatic carbocycles. The molecule has 1 N–H and O–H groups in total. The largest absolute Gasteiger partial charge is 0.464 e. The maximum absolute atomic E-state index is 12.5. The molecule has 0 aliphatic rings. The van der Waals surface area contributed by atoms with Gasteiger partial charge in [-0.2, -0.15) is 0 Å². The van der Waals surface area contributed by atoms with E-state index < -0.39 is 12.1 Å². The van der Waals surface area contributed by atoms with Crippen molar-refractivity contribution < 1.29 is 23.5 Å². The molecule has 6 nitrogen and oxygen atoms in total. The molecule has 0 saturated carbocycles. The molecule has 0 radical (unpaired) electrons. The molecule has 29 heavy (non-hydrogen) atoms. The molecule has 1 atom stereocenters. The molecular weight excluding hydrogens is 370 g/mol. The second kappa shape index (κ2) is 8.31. The zero-order valence-corrected chi connectivity index (χ0v) is 16.9. The van der Waals surface area contributed by atoms with Crippen molar-refractivity contribution in [2.75, 3.05) is 5.32 Å². The van der Waals surface area contributed by atoms with E-state index >= 15 is 0 Å². The lowest BCUT2D eigenvalue weighted by Gasteiger charge is -2.12. The van der Waals surface area contributed by atoms with Crippen LogP contribution < -0.4 is 5.32 Å². The predicted octanol–water partition coefficient (Wildman–Crippen LogP) is 4.37. The van der Waals surface area contributed by atoms with Crippen LogP contribution in [0.15, 0.2) is 47.1 Å². The lowest BCUT2D eigenvalue weighted by molar-refractivity contribution is -0.145. The van der Waals surface area contributed by atoms with Gasteiger partial charge in [0, 0.05) is 29.1 Å². The van der Waals surface area contributed by atoms with Gasteiger partial charge in [-0.1, -0.05) is 12.1 Å². The first-order valence-corrected chi connectivity index (χ1v) is 9.34. The van der Waals surface area contributed by atoms with Crippen LogP contribution in [0, 0.1) is 13.8 Å². The first-order chi connectivity index (χ1) is 13.8. The van der Waals surface area contributed by atoms with E-state index in [1.54, 1.807) is 37.5 Å². The zero-order valence-electron chi connectivity index (χ0n) is 16.9. The van der Waals surface area contributed by atoms with E-state index in [4.69, 9.17) is 9.15 Å². The third kappa shape index (κ3) is 4.54. The molecule has 1 aromatic heterocycles. The van der Waals surface area contributed by atoms with Crippen molar-refractivity contribution in [3.8, 4) is 0 Å². The van der Waals surface area contributed by atoms with Crippen molar-refractivity contribution in [1.29, 1.82) is 0 Å². The smallest absolute Gasteiger partial charge is 0.311 e. The normalized spacial score (nSPS) is 11.9. The maximum Gasteiger partial charge on any atom is 0.311 e. The summed E-state index contributed by atoms with van der Waals surface area (Å²) in [5.41, 5.74) is 4.64. The SMILES string of the molecule is CC(=O)Nc1ccc(C(=O)[C@H](C)OC(=O)Cc2coc3c(C)c(C)ccc23)cc1. The number of Topliss-reactive ketones (excluding diaryl/α,β-unsaturated/α-hetero) is 1. The summed E-state index contributed by atoms with van der Waals surface area (Å²) in [6, 6.07) is 10.4. The number of anilines is 1. The van der Waals surface area contributed by atoms with E-state index in [0.29, 0.717) is 11.3 Å². The number of aryl methyl sites for hydroxylation is 2. The minimum atomic E-state index is -0.920. The van der Waals surface area contributed by atoms with Gasteiger partial charge in [0.1, 0.15) is 5.58 Å². The van der Waals surface area contributed by atoms with Crippen molar-refractivity contribution in [3.63, 3.8) is 0 Å². The van der Waals surface area contributed by atoms with E-state index in [1.807, 2.05) is 26.0 Å². The summed E-state index contributed by atoms with van der Waals surface area (Å²) in [4.78, 5) is 36.0. The monoisotopic (exact) mass is 393 g/mol. The fourth-order valence-electron chi connectivity index (χ4n) is 3.13. The minimum absolute atomic E-state index is 0.0224. The lowest BCUT2D eigenvalue weighted by atomic mass is 10.0. The fourth-order valence-corrected chi connectivity index (χ4v) is 3.13. The topological polar surface area (TPSA) is 85.6 Å². The highest BCUT2D eigenvalue weighted by Gasteiger charge is 2.21. The van der Waals surface area contributed by atoms with E-state index in [1.165, 1.54) is 6.92 Å². The Morgan fingerprint density at radius 2 is 1.76 bits per heavy atom. The van der Waals surface area contributed by atoms with E-state index in [-0.39, 0.29) is 18.1 Å². The van der Waals surface area contributed by atoms with Crippen LogP contribution in [0.25, 0.3) is 11.0 Å². The van der Waals surface area contributed by atoms with E-state index in [0.717, 1.165) is 27.7 Å². The van der Waals surface area contributed by atoms with Crippen LogP contribution in [-0.4, -0.2) is 23.8 Å². The molecule has 3 rings (SSSR count). The molecule has 0 aliphatic carbocycles. The van der Waals surface area contributed by atoms with Crippen molar-refractivity contribution >= 4 is 34.3 Å². The minimum Gasteiger partial charge on any atom is -0.464 e. The molecule has 1 heterocycles. The number of nitrogens with one attached hydrogen (secondary N) is 1. The number of ether oxygens (including phenoxy) is 1. The summed E-state index contributed by atoms with van der Waals surface area (Å²) in [5, 5.41) is 3.51. The average Bonchev–Trinajstić information content (AvgIpc) is 3.07. The average molecular weight is 393 g/mol. The molecule has 3 aromatic rings. The highest BCUT2D eigenvalue weighted by atomic mass is 16.5. The van der Waals surface area contributed by atoms with Crippen LogP contribution in [0.5, 0.6) is 0 Å². The number of carbonyl (C=O) groups is 3. The van der Waals surface area contributed by atoms with Gasteiger partial charge in [-0.3, -0.25) is 14.4 Å². The molecule has 150 valence electrons. The highest BCUT2D eigenvalue weighted by molar-refractivity contribution is 6.01. The molecule has 1 amide bonds. The third-order valence-electron chi connectivity index (χ3n) is 4.84. The number of hydrogen-bond donors (Lipinski definition) is 1. The second-order valence-corrected chi connectivity index (χ2v) is 7.08. The van der Waals surface area contributed by atoms with Crippen molar-refractivity contribution in [2.45, 2.75) is 40.2 Å². The molecular formula is C23H23NO5. The maximum atomic E-state index is 12.5. The van der Waals surface area contributed by atoms with Crippen LogP contribution in [0.2, 0.25) is 0 Å². The van der Waals surface area contributed by atoms with Gasteiger partial charge >= 0.3 is 5.97 Å². The van der Waals surface area contributed by atoms with Gasteiger partial charge < -0.3 is 14.5 Å². The van der Waals surface area contributed by atoms with E-state index in [2.05, 4.69) is 5.32 Å². The van der Waals surface area contributed by atoms with Gasteiger partial charge in [-0.15, -0.1) is 0 Å². The Labute approximate surface area is 168 Å². The van der Waals surface area contributed by atoms with Gasteiger partial charge in [0.25, 0.3) is 0 Å². The molecule has 0 aliphatic heterocycles. The number of ketones is 1. The summed E-state index contributed by atoms with van der Waals surface area (Å²) in [5.74, 6) is -0.999. The molecule has 0 unspecified atom stereocenters. The lowest BCUT2D eigenvalue weighted by Crippen LogP contribution is -2.25. The van der Waals surface area contributed by atoms with Crippen molar-refractivity contribution in [2.24, 2.45) is 0 Å². The van der Waals surface area contributed by atoms with Gasteiger partial charge in [-0.05, 0) is 56.2 Å². The number of furan rings is 1. The number of esters is 1. The van der Waals surface area contributed by atoms with Crippen LogP contribution in [0.4, 0.5) is 5.69 Å². The van der Waals surface area contributed by atoms with Gasteiger partial charge in [0.2, 0.25) is 11.7 Å². The summed E-state index contributed by atoms with van der Waals surface area (Å²) < 4.78 is 11.0. The van der Waals surface area contributed by atoms with Crippen LogP contribution in [-0.2, 0) is 20.7 Å². The second-order valence-electron chi connectivity index (χ2n) is 7.08. The zero-order chi connectivity index (χ0) is 21.1. The number of rotatable bonds is 6. The molecule has 6 heteroatoms. The number of benzene rings is 2. The quantitative estimate of drug-likeness (QED) is 0.497. The van der Waals surface area contributed by atoms with Gasteiger partial charge in [0.05, 0.1) is 12.7 Å². The Kier molecular flexibility index (Phi) is 5.82. The number of hydrogen-bond acceptors (Lipinski definition) is 5. The first-order valence-electron chi connectivity index (χ1n) is 9.34. The third-order valence-corrected chi connectivity index (χ3v) is 4.84. The Bertz CT molecular complexity index is 1080. The summed E-state index contributed by atoms with van der Waals surface area (Å²) in [6.07, 6.45) is 0.663. The van der Waals surface area contributed by atoms with Crippen molar-refractivity contribution in [1.82, 2.24) is 0 Å². The van der Waals surface area contributed by atoms with Crippen LogP contribution in [0.1, 0.15) is 40.9 Å². The first kappa shape index (κ1) is 20.3.